The third kappa shape index (κ3) is 2.76. The van der Waals surface area contributed by atoms with E-state index in [4.69, 9.17) is 15.2 Å². The van der Waals surface area contributed by atoms with E-state index in [1.807, 2.05) is 30.3 Å². The van der Waals surface area contributed by atoms with Gasteiger partial charge in [0.05, 0.1) is 6.61 Å². The largest absolute Gasteiger partial charge is 0.448 e. The molecule has 0 aliphatic heterocycles. The molecule has 1 aromatic carbocycles. The first-order valence-electron chi connectivity index (χ1n) is 6.26. The molecule has 2 unspecified atom stereocenters. The van der Waals surface area contributed by atoms with E-state index in [0.717, 1.165) is 12.0 Å². The molecule has 2 N–H and O–H groups in total. The van der Waals surface area contributed by atoms with Crippen LogP contribution >= 0.6 is 0 Å². The quantitative estimate of drug-likeness (QED) is 0.781. The first-order chi connectivity index (χ1) is 9.19. The summed E-state index contributed by atoms with van der Waals surface area (Å²) in [5, 5.41) is 0. The molecular formula is C14H17NO4. The highest BCUT2D eigenvalue weighted by Gasteiger charge is 2.51. The van der Waals surface area contributed by atoms with E-state index in [2.05, 4.69) is 0 Å². The van der Waals surface area contributed by atoms with Crippen molar-refractivity contribution in [3.05, 3.63) is 35.9 Å². The van der Waals surface area contributed by atoms with Crippen LogP contribution in [0.5, 0.6) is 0 Å². The van der Waals surface area contributed by atoms with Gasteiger partial charge in [0.25, 0.3) is 12.4 Å². The van der Waals surface area contributed by atoms with Gasteiger partial charge in [-0.2, -0.15) is 0 Å². The molecule has 19 heavy (non-hydrogen) atoms. The number of ether oxygens (including phenoxy) is 2. The van der Waals surface area contributed by atoms with Crippen LogP contribution in [0.2, 0.25) is 0 Å². The first kappa shape index (κ1) is 13.5. The lowest BCUT2D eigenvalue weighted by molar-refractivity contribution is -0.171. The van der Waals surface area contributed by atoms with Gasteiger partial charge in [-0.3, -0.25) is 9.59 Å². The van der Waals surface area contributed by atoms with Crippen molar-refractivity contribution in [3.63, 3.8) is 0 Å². The minimum atomic E-state index is -1.31. The van der Waals surface area contributed by atoms with Crippen LogP contribution in [0.15, 0.2) is 30.3 Å². The van der Waals surface area contributed by atoms with Crippen molar-refractivity contribution in [1.29, 1.82) is 0 Å². The Hall–Kier alpha value is -1.88. The molecule has 0 spiro atoms. The standard InChI is InChI=1S/C14H17NO4/c15-13(17)14(19-10-16)8-4-7-12(14)18-9-11-5-2-1-3-6-11/h1-3,5-6,10,12H,4,7-9H2,(H2,15,17). The Bertz CT molecular complexity index is 448. The van der Waals surface area contributed by atoms with Crippen LogP contribution in [-0.2, 0) is 25.7 Å². The molecule has 0 bridgehead atoms. The van der Waals surface area contributed by atoms with Crippen molar-refractivity contribution in [3.8, 4) is 0 Å². The van der Waals surface area contributed by atoms with Gasteiger partial charge in [-0.05, 0) is 24.8 Å². The molecule has 1 saturated carbocycles. The van der Waals surface area contributed by atoms with E-state index < -0.39 is 17.6 Å². The molecule has 1 amide bonds. The number of hydrogen-bond acceptors (Lipinski definition) is 4. The van der Waals surface area contributed by atoms with Gasteiger partial charge in [0.15, 0.2) is 0 Å². The van der Waals surface area contributed by atoms with E-state index in [9.17, 15) is 9.59 Å². The second kappa shape index (κ2) is 5.84. The maximum Gasteiger partial charge on any atom is 0.294 e. The van der Waals surface area contributed by atoms with Crippen LogP contribution in [0.1, 0.15) is 24.8 Å². The minimum Gasteiger partial charge on any atom is -0.448 e. The fourth-order valence-corrected chi connectivity index (χ4v) is 2.49. The van der Waals surface area contributed by atoms with Crippen molar-refractivity contribution in [2.24, 2.45) is 5.73 Å². The number of primary amides is 1. The Morgan fingerprint density at radius 1 is 1.42 bits per heavy atom. The number of rotatable bonds is 6. The SMILES string of the molecule is NC(=O)C1(OC=O)CCCC1OCc1ccccc1. The Labute approximate surface area is 111 Å². The third-order valence-corrected chi connectivity index (χ3v) is 3.50. The van der Waals surface area contributed by atoms with Crippen molar-refractivity contribution >= 4 is 12.4 Å². The number of amides is 1. The Balaban J connectivity index is 2.05. The van der Waals surface area contributed by atoms with Crippen molar-refractivity contribution in [2.75, 3.05) is 0 Å². The Morgan fingerprint density at radius 2 is 2.16 bits per heavy atom. The molecule has 2 rings (SSSR count). The van der Waals surface area contributed by atoms with Crippen molar-refractivity contribution < 1.29 is 19.1 Å². The molecule has 5 nitrogen and oxygen atoms in total. The normalized spacial score (nSPS) is 26.0. The predicted octanol–water partition coefficient (Wildman–Crippen LogP) is 1.15. The summed E-state index contributed by atoms with van der Waals surface area (Å²) in [7, 11) is 0. The summed E-state index contributed by atoms with van der Waals surface area (Å²) in [6.07, 6.45) is 1.34. The molecular weight excluding hydrogens is 246 g/mol. The van der Waals surface area contributed by atoms with Gasteiger partial charge in [-0.15, -0.1) is 0 Å². The van der Waals surface area contributed by atoms with Gasteiger partial charge in [-0.25, -0.2) is 0 Å². The van der Waals surface area contributed by atoms with Crippen LogP contribution in [0.4, 0.5) is 0 Å². The molecule has 5 heteroatoms. The predicted molar refractivity (Wildman–Crippen MR) is 67.9 cm³/mol. The first-order valence-corrected chi connectivity index (χ1v) is 6.26. The van der Waals surface area contributed by atoms with E-state index in [1.165, 1.54) is 0 Å². The second-order valence-corrected chi connectivity index (χ2v) is 4.65. The highest BCUT2D eigenvalue weighted by Crippen LogP contribution is 2.35. The Morgan fingerprint density at radius 3 is 2.79 bits per heavy atom. The van der Waals surface area contributed by atoms with Gasteiger partial charge in [-0.1, -0.05) is 30.3 Å². The molecule has 1 aliphatic carbocycles. The molecule has 0 saturated heterocycles. The molecule has 0 radical (unpaired) electrons. The number of carbonyl (C=O) groups excluding carboxylic acids is 2. The van der Waals surface area contributed by atoms with Gasteiger partial charge >= 0.3 is 0 Å². The number of nitrogens with two attached hydrogens (primary N) is 1. The number of benzene rings is 1. The highest BCUT2D eigenvalue weighted by molar-refractivity contribution is 5.85. The zero-order valence-electron chi connectivity index (χ0n) is 10.6. The fraction of sp³-hybridized carbons (Fsp3) is 0.429. The monoisotopic (exact) mass is 263 g/mol. The summed E-state index contributed by atoms with van der Waals surface area (Å²) in [5.74, 6) is -0.643. The summed E-state index contributed by atoms with van der Waals surface area (Å²) >= 11 is 0. The summed E-state index contributed by atoms with van der Waals surface area (Å²) in [6, 6.07) is 9.61. The van der Waals surface area contributed by atoms with Crippen LogP contribution in [0.25, 0.3) is 0 Å². The molecule has 102 valence electrons. The summed E-state index contributed by atoms with van der Waals surface area (Å²) in [6.45, 7) is 0.637. The average molecular weight is 263 g/mol. The summed E-state index contributed by atoms with van der Waals surface area (Å²) in [4.78, 5) is 22.2. The minimum absolute atomic E-state index is 0.273. The smallest absolute Gasteiger partial charge is 0.294 e. The zero-order chi connectivity index (χ0) is 13.7. The molecule has 0 aromatic heterocycles. The lowest BCUT2D eigenvalue weighted by Crippen LogP contribution is -2.52. The van der Waals surface area contributed by atoms with Crippen LogP contribution in [0, 0.1) is 0 Å². The van der Waals surface area contributed by atoms with E-state index in [-0.39, 0.29) is 6.47 Å². The van der Waals surface area contributed by atoms with Crippen molar-refractivity contribution in [2.45, 2.75) is 37.6 Å². The van der Waals surface area contributed by atoms with Gasteiger partial charge < -0.3 is 15.2 Å². The van der Waals surface area contributed by atoms with Crippen LogP contribution in [-0.4, -0.2) is 24.1 Å². The Kier molecular flexibility index (Phi) is 4.16. The summed E-state index contributed by atoms with van der Waals surface area (Å²) < 4.78 is 10.7. The molecule has 1 fully saturated rings. The van der Waals surface area contributed by atoms with E-state index in [1.54, 1.807) is 0 Å². The van der Waals surface area contributed by atoms with Gasteiger partial charge in [0.2, 0.25) is 5.60 Å². The molecule has 0 heterocycles. The summed E-state index contributed by atoms with van der Waals surface area (Å²) in [5.41, 5.74) is 5.07. The molecule has 2 atom stereocenters. The van der Waals surface area contributed by atoms with Crippen molar-refractivity contribution in [1.82, 2.24) is 0 Å². The molecule has 1 aliphatic rings. The zero-order valence-corrected chi connectivity index (χ0v) is 10.6. The van der Waals surface area contributed by atoms with Gasteiger partial charge in [0.1, 0.15) is 6.10 Å². The van der Waals surface area contributed by atoms with Crippen LogP contribution < -0.4 is 5.73 Å². The lowest BCUT2D eigenvalue weighted by Gasteiger charge is -2.30. The van der Waals surface area contributed by atoms with E-state index >= 15 is 0 Å². The maximum atomic E-state index is 11.6. The second-order valence-electron chi connectivity index (χ2n) is 4.65. The lowest BCUT2D eigenvalue weighted by atomic mass is 9.98. The molecule has 1 aromatic rings. The topological polar surface area (TPSA) is 78.6 Å². The van der Waals surface area contributed by atoms with E-state index in [0.29, 0.717) is 19.4 Å². The third-order valence-electron chi connectivity index (χ3n) is 3.50. The average Bonchev–Trinajstić information content (AvgIpc) is 2.82. The maximum absolute atomic E-state index is 11.6. The highest BCUT2D eigenvalue weighted by atomic mass is 16.6. The van der Waals surface area contributed by atoms with Gasteiger partial charge in [0, 0.05) is 0 Å². The number of carbonyl (C=O) groups is 2. The number of hydrogen-bond donors (Lipinski definition) is 1. The van der Waals surface area contributed by atoms with Crippen LogP contribution in [0.3, 0.4) is 0 Å². The fourth-order valence-electron chi connectivity index (χ4n) is 2.49.